The molecule has 2 fully saturated rings. The third-order valence-electron chi connectivity index (χ3n) is 5.68. The molecule has 2 saturated heterocycles. The number of thiocarbonyl (C=S) groups is 1. The molecule has 2 atom stereocenters. The zero-order valence-electron chi connectivity index (χ0n) is 16.9. The fraction of sp³-hybridized carbons (Fsp3) is 0.545. The number of hydrogen-bond acceptors (Lipinski definition) is 4. The van der Waals surface area contributed by atoms with Crippen molar-refractivity contribution < 1.29 is 9.47 Å². The molecule has 156 valence electrons. The fourth-order valence-corrected chi connectivity index (χ4v) is 4.28. The van der Waals surface area contributed by atoms with Crippen molar-refractivity contribution in [2.45, 2.75) is 51.4 Å². The molecular weight excluding hydrogens is 386 g/mol. The second kappa shape index (κ2) is 9.24. The second-order valence-electron chi connectivity index (χ2n) is 8.05. The van der Waals surface area contributed by atoms with Crippen molar-refractivity contribution >= 4 is 28.2 Å². The van der Waals surface area contributed by atoms with E-state index in [1.165, 1.54) is 0 Å². The summed E-state index contributed by atoms with van der Waals surface area (Å²) in [6, 6.07) is 8.07. The lowest BCUT2D eigenvalue weighted by molar-refractivity contribution is 0.0885. The minimum atomic E-state index is -0.0673. The minimum Gasteiger partial charge on any atom is -0.376 e. The molecule has 1 aromatic heterocycles. The molecule has 0 amide bonds. The monoisotopic (exact) mass is 415 g/mol. The van der Waals surface area contributed by atoms with Crippen molar-refractivity contribution in [2.75, 3.05) is 26.3 Å². The van der Waals surface area contributed by atoms with Crippen LogP contribution in [0.25, 0.3) is 10.9 Å². The number of aromatic nitrogens is 1. The number of aromatic amines is 1. The molecule has 2 aliphatic heterocycles. The molecule has 0 bridgehead atoms. The average molecular weight is 416 g/mol. The van der Waals surface area contributed by atoms with E-state index in [2.05, 4.69) is 21.3 Å². The Labute approximate surface area is 176 Å². The van der Waals surface area contributed by atoms with Gasteiger partial charge in [0.1, 0.15) is 0 Å². The fourth-order valence-electron chi connectivity index (χ4n) is 4.05. The molecule has 7 heteroatoms. The summed E-state index contributed by atoms with van der Waals surface area (Å²) in [7, 11) is 0. The Morgan fingerprint density at radius 3 is 2.69 bits per heavy atom. The quantitative estimate of drug-likeness (QED) is 0.708. The summed E-state index contributed by atoms with van der Waals surface area (Å²) in [6.45, 7) is 5.48. The van der Waals surface area contributed by atoms with Crippen molar-refractivity contribution in [3.63, 3.8) is 0 Å². The van der Waals surface area contributed by atoms with Crippen LogP contribution in [0.3, 0.4) is 0 Å². The van der Waals surface area contributed by atoms with Gasteiger partial charge in [-0.1, -0.05) is 12.1 Å². The molecule has 0 spiro atoms. The topological polar surface area (TPSA) is 66.6 Å². The van der Waals surface area contributed by atoms with Crippen LogP contribution in [0.2, 0.25) is 0 Å². The van der Waals surface area contributed by atoms with Crippen LogP contribution in [-0.2, 0) is 16.0 Å². The third kappa shape index (κ3) is 5.15. The summed E-state index contributed by atoms with van der Waals surface area (Å²) in [5.74, 6) is 0. The normalized spacial score (nSPS) is 21.6. The minimum absolute atomic E-state index is 0.0673. The van der Waals surface area contributed by atoms with Crippen LogP contribution in [-0.4, -0.2) is 53.5 Å². The van der Waals surface area contributed by atoms with Gasteiger partial charge in [0.2, 0.25) is 0 Å². The summed E-state index contributed by atoms with van der Waals surface area (Å²) in [6.07, 6.45) is 4.63. The Kier molecular flexibility index (Phi) is 6.47. The Morgan fingerprint density at radius 2 is 1.97 bits per heavy atom. The summed E-state index contributed by atoms with van der Waals surface area (Å²) >= 11 is 5.69. The van der Waals surface area contributed by atoms with Crippen LogP contribution in [0.4, 0.5) is 0 Å². The van der Waals surface area contributed by atoms with Crippen LogP contribution >= 0.6 is 12.2 Å². The van der Waals surface area contributed by atoms with Gasteiger partial charge in [-0.05, 0) is 67.9 Å². The van der Waals surface area contributed by atoms with Gasteiger partial charge < -0.3 is 24.7 Å². The predicted octanol–water partition coefficient (Wildman–Crippen LogP) is 2.87. The number of fused-ring (bicyclic) bond motifs is 1. The van der Waals surface area contributed by atoms with Crippen molar-refractivity contribution in [2.24, 2.45) is 0 Å². The molecule has 2 N–H and O–H groups in total. The first-order valence-corrected chi connectivity index (χ1v) is 10.9. The predicted molar refractivity (Wildman–Crippen MR) is 118 cm³/mol. The van der Waals surface area contributed by atoms with Crippen LogP contribution in [0.1, 0.15) is 36.8 Å². The number of ether oxygens (including phenoxy) is 2. The van der Waals surface area contributed by atoms with Gasteiger partial charge in [0.25, 0.3) is 5.56 Å². The molecule has 6 nitrogen and oxygen atoms in total. The Bertz CT molecular complexity index is 917. The molecule has 0 radical (unpaired) electrons. The van der Waals surface area contributed by atoms with Gasteiger partial charge in [0.15, 0.2) is 5.11 Å². The van der Waals surface area contributed by atoms with E-state index in [0.717, 1.165) is 55.4 Å². The summed E-state index contributed by atoms with van der Waals surface area (Å²) < 4.78 is 11.5. The number of nitrogens with zero attached hydrogens (tertiary/aromatic N) is 1. The highest BCUT2D eigenvalue weighted by molar-refractivity contribution is 7.80. The largest absolute Gasteiger partial charge is 0.376 e. The van der Waals surface area contributed by atoms with Gasteiger partial charge >= 0.3 is 0 Å². The average Bonchev–Trinajstić information content (AvgIpc) is 3.40. The second-order valence-corrected chi connectivity index (χ2v) is 8.44. The van der Waals surface area contributed by atoms with E-state index in [1.54, 1.807) is 0 Å². The summed E-state index contributed by atoms with van der Waals surface area (Å²) in [5.41, 5.74) is 2.63. The highest BCUT2D eigenvalue weighted by Crippen LogP contribution is 2.17. The van der Waals surface area contributed by atoms with Gasteiger partial charge in [-0.3, -0.25) is 4.79 Å². The van der Waals surface area contributed by atoms with Gasteiger partial charge in [-0.25, -0.2) is 0 Å². The lowest BCUT2D eigenvalue weighted by Crippen LogP contribution is -2.45. The Morgan fingerprint density at radius 1 is 1.21 bits per heavy atom. The molecule has 2 aliphatic rings. The van der Waals surface area contributed by atoms with Gasteiger partial charge in [-0.2, -0.15) is 0 Å². The van der Waals surface area contributed by atoms with E-state index in [-0.39, 0.29) is 17.8 Å². The maximum atomic E-state index is 12.7. The van der Waals surface area contributed by atoms with Gasteiger partial charge in [0, 0.05) is 37.4 Å². The van der Waals surface area contributed by atoms with Crippen molar-refractivity contribution in [3.8, 4) is 0 Å². The summed E-state index contributed by atoms with van der Waals surface area (Å²) in [4.78, 5) is 17.8. The molecule has 4 rings (SSSR count). The van der Waals surface area contributed by atoms with Crippen LogP contribution in [0.5, 0.6) is 0 Å². The van der Waals surface area contributed by atoms with Crippen molar-refractivity contribution in [3.05, 3.63) is 45.7 Å². The van der Waals surface area contributed by atoms with Crippen molar-refractivity contribution in [1.29, 1.82) is 0 Å². The molecule has 0 saturated carbocycles. The number of pyridine rings is 1. The van der Waals surface area contributed by atoms with Gasteiger partial charge in [-0.15, -0.1) is 0 Å². The number of hydrogen-bond donors (Lipinski definition) is 2. The van der Waals surface area contributed by atoms with Crippen LogP contribution in [0, 0.1) is 6.92 Å². The first kappa shape index (κ1) is 20.3. The van der Waals surface area contributed by atoms with Crippen LogP contribution < -0.4 is 10.9 Å². The number of aryl methyl sites for hydroxylation is 1. The highest BCUT2D eigenvalue weighted by Gasteiger charge is 2.23. The maximum absolute atomic E-state index is 12.7. The zero-order chi connectivity index (χ0) is 20.2. The number of H-pyrrole nitrogens is 1. The van der Waals surface area contributed by atoms with E-state index in [1.807, 2.05) is 25.1 Å². The van der Waals surface area contributed by atoms with E-state index in [4.69, 9.17) is 21.7 Å². The standard InChI is InChI=1S/C22H29N3O3S/c1-15-6-7-16-11-17(21(26)24-20(16)10-15)13-25(14-19-5-3-9-28-19)22(29)23-12-18-4-2-8-27-18/h6-7,10-11,18-19H,2-5,8-9,12-14H2,1H3,(H,23,29)(H,24,26)/t18-,19-/m1/s1. The first-order valence-electron chi connectivity index (χ1n) is 10.5. The van der Waals surface area contributed by atoms with E-state index < -0.39 is 0 Å². The molecule has 29 heavy (non-hydrogen) atoms. The molecule has 0 aliphatic carbocycles. The molecule has 2 aromatic rings. The Hall–Kier alpha value is -1.96. The maximum Gasteiger partial charge on any atom is 0.253 e. The van der Waals surface area contributed by atoms with Crippen LogP contribution in [0.15, 0.2) is 29.1 Å². The summed E-state index contributed by atoms with van der Waals surface area (Å²) in [5, 5.41) is 5.03. The number of rotatable bonds is 6. The molecule has 0 unspecified atom stereocenters. The highest BCUT2D eigenvalue weighted by atomic mass is 32.1. The lowest BCUT2D eigenvalue weighted by atomic mass is 10.1. The number of benzene rings is 1. The van der Waals surface area contributed by atoms with E-state index in [0.29, 0.717) is 30.3 Å². The first-order chi connectivity index (χ1) is 14.1. The van der Waals surface area contributed by atoms with E-state index in [9.17, 15) is 4.79 Å². The number of nitrogens with one attached hydrogen (secondary N) is 2. The van der Waals surface area contributed by atoms with Crippen molar-refractivity contribution in [1.82, 2.24) is 15.2 Å². The van der Waals surface area contributed by atoms with E-state index >= 15 is 0 Å². The smallest absolute Gasteiger partial charge is 0.253 e. The lowest BCUT2D eigenvalue weighted by Gasteiger charge is -2.28. The zero-order valence-corrected chi connectivity index (χ0v) is 17.7. The molecule has 3 heterocycles. The molecule has 1 aromatic carbocycles. The third-order valence-corrected chi connectivity index (χ3v) is 6.08. The van der Waals surface area contributed by atoms with Gasteiger partial charge in [0.05, 0.1) is 18.8 Å². The molecular formula is C22H29N3O3S. The Balaban J connectivity index is 1.51. The SMILES string of the molecule is Cc1ccc2cc(CN(C[C@H]3CCCO3)C(=S)NC[C@H]3CCCO3)c(=O)[nH]c2c1.